The maximum atomic E-state index is 11.8. The van der Waals surface area contributed by atoms with Gasteiger partial charge < -0.3 is 15.7 Å². The van der Waals surface area contributed by atoms with Crippen LogP contribution in [0.1, 0.15) is 17.2 Å². The van der Waals surface area contributed by atoms with Gasteiger partial charge in [0.2, 0.25) is 0 Å². The molecule has 130 valence electrons. The zero-order valence-electron chi connectivity index (χ0n) is 14.1. The summed E-state index contributed by atoms with van der Waals surface area (Å²) < 4.78 is 1.73. The van der Waals surface area contributed by atoms with E-state index in [-0.39, 0.29) is 12.6 Å². The lowest BCUT2D eigenvalue weighted by Crippen LogP contribution is -2.38. The van der Waals surface area contributed by atoms with Crippen LogP contribution >= 0.6 is 0 Å². The molecule has 3 rings (SSSR count). The molecule has 0 fully saturated rings. The summed E-state index contributed by atoms with van der Waals surface area (Å²) >= 11 is 0. The lowest BCUT2D eigenvalue weighted by Gasteiger charge is -2.13. The molecule has 3 N–H and O–H groups in total. The van der Waals surface area contributed by atoms with Crippen LogP contribution in [0, 0.1) is 0 Å². The number of nitrogens with one attached hydrogen (secondary N) is 2. The third-order valence-corrected chi connectivity index (χ3v) is 4.07. The van der Waals surface area contributed by atoms with Crippen molar-refractivity contribution in [1.82, 2.24) is 20.4 Å². The number of aliphatic hydroxyl groups excluding tert-OH is 1. The number of amides is 2. The first-order chi connectivity index (χ1) is 12.1. The highest BCUT2D eigenvalue weighted by Crippen LogP contribution is 2.19. The number of aryl methyl sites for hydroxylation is 1. The molecule has 2 amide bonds. The molecule has 1 heterocycles. The first-order valence-corrected chi connectivity index (χ1v) is 8.28. The number of nitrogens with zero attached hydrogens (tertiary/aromatic N) is 2. The van der Waals surface area contributed by atoms with Crippen LogP contribution in [0.2, 0.25) is 0 Å². The van der Waals surface area contributed by atoms with Crippen LogP contribution in [0.3, 0.4) is 0 Å². The standard InChI is InChI=1S/C19H22N4O2/c1-23-13-14(11-22-23)8-9-20-19(25)21-12-18(24)17-7-6-15-4-2-3-5-16(15)10-17/h2-7,10-11,13,18,24H,8-9,12H2,1H3,(H2,20,21,25). The highest BCUT2D eigenvalue weighted by atomic mass is 16.3. The number of carbonyl (C=O) groups is 1. The molecular weight excluding hydrogens is 316 g/mol. The molecule has 0 spiro atoms. The van der Waals surface area contributed by atoms with Gasteiger partial charge in [-0.25, -0.2) is 4.79 Å². The number of hydrogen-bond acceptors (Lipinski definition) is 3. The fourth-order valence-electron chi connectivity index (χ4n) is 2.71. The van der Waals surface area contributed by atoms with Gasteiger partial charge >= 0.3 is 6.03 Å². The van der Waals surface area contributed by atoms with Crippen LogP contribution in [0.4, 0.5) is 4.79 Å². The van der Waals surface area contributed by atoms with E-state index in [4.69, 9.17) is 0 Å². The van der Waals surface area contributed by atoms with Crippen molar-refractivity contribution in [2.24, 2.45) is 7.05 Å². The van der Waals surface area contributed by atoms with Gasteiger partial charge in [0, 0.05) is 26.3 Å². The Bertz CT molecular complexity index is 859. The maximum absolute atomic E-state index is 11.8. The van der Waals surface area contributed by atoms with E-state index < -0.39 is 6.10 Å². The van der Waals surface area contributed by atoms with Crippen molar-refractivity contribution in [3.05, 3.63) is 66.0 Å². The maximum Gasteiger partial charge on any atom is 0.314 e. The Balaban J connectivity index is 1.45. The van der Waals surface area contributed by atoms with E-state index in [0.717, 1.165) is 21.9 Å². The van der Waals surface area contributed by atoms with Crippen LogP contribution in [0.5, 0.6) is 0 Å². The van der Waals surface area contributed by atoms with Gasteiger partial charge in [-0.3, -0.25) is 4.68 Å². The number of aromatic nitrogens is 2. The molecule has 2 aromatic carbocycles. The zero-order valence-corrected chi connectivity index (χ0v) is 14.1. The summed E-state index contributed by atoms with van der Waals surface area (Å²) in [6.45, 7) is 0.681. The minimum Gasteiger partial charge on any atom is -0.387 e. The second-order valence-corrected chi connectivity index (χ2v) is 6.03. The van der Waals surface area contributed by atoms with Crippen molar-refractivity contribution in [3.8, 4) is 0 Å². The highest BCUT2D eigenvalue weighted by Gasteiger charge is 2.10. The van der Waals surface area contributed by atoms with Crippen LogP contribution in [0.25, 0.3) is 10.8 Å². The Kier molecular flexibility index (Phi) is 5.30. The van der Waals surface area contributed by atoms with Gasteiger partial charge in [-0.05, 0) is 34.4 Å². The molecule has 6 nitrogen and oxygen atoms in total. The fraction of sp³-hybridized carbons (Fsp3) is 0.263. The predicted molar refractivity (Wildman–Crippen MR) is 97.2 cm³/mol. The number of hydrogen-bond donors (Lipinski definition) is 3. The minimum absolute atomic E-state index is 0.164. The predicted octanol–water partition coefficient (Wildman–Crippen LogP) is 2.15. The molecule has 0 saturated heterocycles. The van der Waals surface area contributed by atoms with Crippen molar-refractivity contribution in [3.63, 3.8) is 0 Å². The van der Waals surface area contributed by atoms with Crippen LogP contribution in [0.15, 0.2) is 54.9 Å². The van der Waals surface area contributed by atoms with Gasteiger partial charge in [0.15, 0.2) is 0 Å². The monoisotopic (exact) mass is 338 g/mol. The van der Waals surface area contributed by atoms with Crippen LogP contribution in [-0.4, -0.2) is 34.0 Å². The second kappa shape index (κ2) is 7.81. The second-order valence-electron chi connectivity index (χ2n) is 6.03. The summed E-state index contributed by atoms with van der Waals surface area (Å²) in [7, 11) is 1.86. The van der Waals surface area contributed by atoms with Gasteiger partial charge in [0.1, 0.15) is 0 Å². The van der Waals surface area contributed by atoms with Crippen molar-refractivity contribution in [2.75, 3.05) is 13.1 Å². The Labute approximate surface area is 146 Å². The topological polar surface area (TPSA) is 79.2 Å². The number of fused-ring (bicyclic) bond motifs is 1. The molecule has 25 heavy (non-hydrogen) atoms. The number of benzene rings is 2. The molecule has 0 aliphatic carbocycles. The molecular formula is C19H22N4O2. The molecule has 6 heteroatoms. The minimum atomic E-state index is -0.742. The summed E-state index contributed by atoms with van der Waals surface area (Å²) in [5.41, 5.74) is 1.85. The molecule has 0 saturated carbocycles. The first kappa shape index (κ1) is 17.0. The Morgan fingerprint density at radius 2 is 2.00 bits per heavy atom. The fourth-order valence-corrected chi connectivity index (χ4v) is 2.71. The first-order valence-electron chi connectivity index (χ1n) is 8.28. The summed E-state index contributed by atoms with van der Waals surface area (Å²) in [5, 5.41) is 22.0. The summed E-state index contributed by atoms with van der Waals surface area (Å²) in [5.74, 6) is 0. The van der Waals surface area contributed by atoms with Crippen molar-refractivity contribution in [2.45, 2.75) is 12.5 Å². The molecule has 1 atom stereocenters. The van der Waals surface area contributed by atoms with Gasteiger partial charge in [-0.2, -0.15) is 5.10 Å². The Hall–Kier alpha value is -2.86. The van der Waals surface area contributed by atoms with E-state index >= 15 is 0 Å². The van der Waals surface area contributed by atoms with E-state index in [2.05, 4.69) is 15.7 Å². The average Bonchev–Trinajstić information content (AvgIpc) is 3.04. The summed E-state index contributed by atoms with van der Waals surface area (Å²) in [6, 6.07) is 13.5. The molecule has 3 aromatic rings. The quantitative estimate of drug-likeness (QED) is 0.644. The van der Waals surface area contributed by atoms with Gasteiger partial charge in [-0.1, -0.05) is 36.4 Å². The van der Waals surface area contributed by atoms with E-state index in [9.17, 15) is 9.90 Å². The van der Waals surface area contributed by atoms with Crippen molar-refractivity contribution in [1.29, 1.82) is 0 Å². The molecule has 0 aliphatic rings. The van der Waals surface area contributed by atoms with Gasteiger partial charge in [0.05, 0.1) is 12.3 Å². The average molecular weight is 338 g/mol. The SMILES string of the molecule is Cn1cc(CCNC(=O)NCC(O)c2ccc3ccccc3c2)cn1. The largest absolute Gasteiger partial charge is 0.387 e. The van der Waals surface area contributed by atoms with E-state index in [1.54, 1.807) is 10.9 Å². The highest BCUT2D eigenvalue weighted by molar-refractivity contribution is 5.83. The normalized spacial score (nSPS) is 12.1. The van der Waals surface area contributed by atoms with Crippen LogP contribution in [-0.2, 0) is 13.5 Å². The third kappa shape index (κ3) is 4.58. The third-order valence-electron chi connectivity index (χ3n) is 4.07. The molecule has 0 aliphatic heterocycles. The molecule has 1 unspecified atom stereocenters. The van der Waals surface area contributed by atoms with E-state index in [0.29, 0.717) is 13.0 Å². The van der Waals surface area contributed by atoms with E-state index in [1.807, 2.05) is 55.7 Å². The van der Waals surface area contributed by atoms with E-state index in [1.165, 1.54) is 0 Å². The summed E-state index contributed by atoms with van der Waals surface area (Å²) in [6.07, 6.45) is 3.68. The lowest BCUT2D eigenvalue weighted by molar-refractivity contribution is 0.173. The van der Waals surface area contributed by atoms with Gasteiger partial charge in [0.25, 0.3) is 0 Å². The molecule has 0 bridgehead atoms. The number of carbonyl (C=O) groups excluding carboxylic acids is 1. The Morgan fingerprint density at radius 1 is 1.20 bits per heavy atom. The smallest absolute Gasteiger partial charge is 0.314 e. The number of rotatable bonds is 6. The lowest BCUT2D eigenvalue weighted by atomic mass is 10.0. The summed E-state index contributed by atoms with van der Waals surface area (Å²) in [4.78, 5) is 11.8. The number of aliphatic hydroxyl groups is 1. The Morgan fingerprint density at radius 3 is 2.76 bits per heavy atom. The number of urea groups is 1. The molecule has 1 aromatic heterocycles. The zero-order chi connectivity index (χ0) is 17.6. The van der Waals surface area contributed by atoms with Crippen molar-refractivity contribution >= 4 is 16.8 Å². The van der Waals surface area contributed by atoms with Gasteiger partial charge in [-0.15, -0.1) is 0 Å². The van der Waals surface area contributed by atoms with Crippen LogP contribution < -0.4 is 10.6 Å². The van der Waals surface area contributed by atoms with Crippen molar-refractivity contribution < 1.29 is 9.90 Å². The molecule has 0 radical (unpaired) electrons.